The Morgan fingerprint density at radius 1 is 1.17 bits per heavy atom. The molecule has 2 aromatic heterocycles. The van der Waals surface area contributed by atoms with E-state index in [1.54, 1.807) is 4.68 Å². The van der Waals surface area contributed by atoms with Crippen molar-refractivity contribution in [3.63, 3.8) is 0 Å². The number of nitrogen functional groups attached to an aromatic ring is 1. The molecule has 7 nitrogen and oxygen atoms in total. The Morgan fingerprint density at radius 2 is 1.96 bits per heavy atom. The molecule has 1 fully saturated rings. The average Bonchev–Trinajstić information content (AvgIpc) is 3.13. The fraction of sp³-hybridized carbons (Fsp3) is 0.412. The standard InChI is InChI=1S/C17H22N6O/c1-13-12-16(18)23(20-13)17-19-14-4-2-3-5-15(14)22(17)7-6-21-8-10-24-11-9-21/h2-5,12H,6-11,18H2,1H3. The fourth-order valence-electron chi connectivity index (χ4n) is 3.19. The molecule has 0 atom stereocenters. The van der Waals surface area contributed by atoms with Crippen LogP contribution in [0.15, 0.2) is 30.3 Å². The van der Waals surface area contributed by atoms with Gasteiger partial charge in [-0.1, -0.05) is 12.1 Å². The summed E-state index contributed by atoms with van der Waals surface area (Å²) >= 11 is 0. The lowest BCUT2D eigenvalue weighted by molar-refractivity contribution is 0.0365. The van der Waals surface area contributed by atoms with E-state index in [9.17, 15) is 0 Å². The Balaban J connectivity index is 1.71. The van der Waals surface area contributed by atoms with Crippen LogP contribution in [-0.2, 0) is 11.3 Å². The SMILES string of the molecule is Cc1cc(N)n(-c2nc3ccccc3n2CCN2CCOCC2)n1. The summed E-state index contributed by atoms with van der Waals surface area (Å²) in [5.41, 5.74) is 9.08. The second-order valence-electron chi connectivity index (χ2n) is 6.13. The smallest absolute Gasteiger partial charge is 0.233 e. The van der Waals surface area contributed by atoms with E-state index in [0.717, 1.165) is 62.1 Å². The van der Waals surface area contributed by atoms with E-state index < -0.39 is 0 Å². The minimum atomic E-state index is 0.607. The molecule has 7 heteroatoms. The highest BCUT2D eigenvalue weighted by molar-refractivity contribution is 5.77. The number of nitrogens with two attached hydrogens (primary N) is 1. The van der Waals surface area contributed by atoms with Crippen molar-refractivity contribution in [2.24, 2.45) is 0 Å². The molecule has 0 unspecified atom stereocenters. The molecule has 126 valence electrons. The molecule has 3 heterocycles. The van der Waals surface area contributed by atoms with Crippen molar-refractivity contribution in [2.45, 2.75) is 13.5 Å². The maximum atomic E-state index is 6.12. The average molecular weight is 326 g/mol. The van der Waals surface area contributed by atoms with Crippen LogP contribution >= 0.6 is 0 Å². The number of hydrogen-bond acceptors (Lipinski definition) is 5. The number of ether oxygens (including phenoxy) is 1. The zero-order valence-electron chi connectivity index (χ0n) is 13.9. The minimum absolute atomic E-state index is 0.607. The third kappa shape index (κ3) is 2.76. The van der Waals surface area contributed by atoms with Crippen molar-refractivity contribution in [3.05, 3.63) is 36.0 Å². The molecule has 0 amide bonds. The number of fused-ring (bicyclic) bond motifs is 1. The van der Waals surface area contributed by atoms with E-state index in [1.165, 1.54) is 0 Å². The lowest BCUT2D eigenvalue weighted by Crippen LogP contribution is -2.38. The molecule has 1 aromatic carbocycles. The number of hydrogen-bond donors (Lipinski definition) is 1. The van der Waals surface area contributed by atoms with E-state index in [4.69, 9.17) is 15.5 Å². The Morgan fingerprint density at radius 3 is 2.71 bits per heavy atom. The summed E-state index contributed by atoms with van der Waals surface area (Å²) in [6, 6.07) is 10.0. The predicted octanol–water partition coefficient (Wildman–Crippen LogP) is 1.44. The Bertz CT molecular complexity index is 846. The Kier molecular flexibility index (Phi) is 3.95. The zero-order chi connectivity index (χ0) is 16.5. The molecule has 0 bridgehead atoms. The number of anilines is 1. The highest BCUT2D eigenvalue weighted by Crippen LogP contribution is 2.21. The van der Waals surface area contributed by atoms with Crippen molar-refractivity contribution < 1.29 is 4.74 Å². The summed E-state index contributed by atoms with van der Waals surface area (Å²) in [6.07, 6.45) is 0. The monoisotopic (exact) mass is 326 g/mol. The maximum absolute atomic E-state index is 6.12. The van der Waals surface area contributed by atoms with E-state index in [2.05, 4.69) is 20.6 Å². The molecule has 0 spiro atoms. The Labute approximate surface area is 140 Å². The normalized spacial score (nSPS) is 16.0. The van der Waals surface area contributed by atoms with Gasteiger partial charge in [0.1, 0.15) is 5.82 Å². The zero-order valence-corrected chi connectivity index (χ0v) is 13.9. The van der Waals surface area contributed by atoms with Gasteiger partial charge in [0.2, 0.25) is 5.95 Å². The number of aryl methyl sites for hydroxylation is 1. The number of morpholine rings is 1. The summed E-state index contributed by atoms with van der Waals surface area (Å²) < 4.78 is 9.36. The molecule has 24 heavy (non-hydrogen) atoms. The molecule has 3 aromatic rings. The lowest BCUT2D eigenvalue weighted by atomic mass is 10.3. The predicted molar refractivity (Wildman–Crippen MR) is 93.3 cm³/mol. The molecular weight excluding hydrogens is 304 g/mol. The van der Waals surface area contributed by atoms with Gasteiger partial charge in [0.15, 0.2) is 0 Å². The first-order valence-electron chi connectivity index (χ1n) is 8.30. The molecule has 1 saturated heterocycles. The number of para-hydroxylation sites is 2. The summed E-state index contributed by atoms with van der Waals surface area (Å²) in [5.74, 6) is 1.38. The fourth-order valence-corrected chi connectivity index (χ4v) is 3.19. The molecule has 4 rings (SSSR count). The second kappa shape index (κ2) is 6.26. The number of imidazole rings is 1. The van der Waals surface area contributed by atoms with E-state index in [1.807, 2.05) is 31.2 Å². The number of nitrogens with zero attached hydrogens (tertiary/aromatic N) is 5. The third-order valence-electron chi connectivity index (χ3n) is 4.43. The summed E-state index contributed by atoms with van der Waals surface area (Å²) in [4.78, 5) is 7.18. The van der Waals surface area contributed by atoms with Crippen molar-refractivity contribution in [2.75, 3.05) is 38.6 Å². The highest BCUT2D eigenvalue weighted by Gasteiger charge is 2.17. The van der Waals surface area contributed by atoms with Crippen molar-refractivity contribution in [3.8, 4) is 5.95 Å². The van der Waals surface area contributed by atoms with Crippen molar-refractivity contribution >= 4 is 16.9 Å². The van der Waals surface area contributed by atoms with Crippen molar-refractivity contribution in [1.29, 1.82) is 0 Å². The van der Waals surface area contributed by atoms with Gasteiger partial charge in [-0.3, -0.25) is 4.90 Å². The number of rotatable bonds is 4. The van der Waals surface area contributed by atoms with E-state index in [-0.39, 0.29) is 0 Å². The largest absolute Gasteiger partial charge is 0.383 e. The quantitative estimate of drug-likeness (QED) is 0.785. The summed E-state index contributed by atoms with van der Waals surface area (Å²) in [5, 5.41) is 4.51. The van der Waals surface area contributed by atoms with Crippen LogP contribution in [0.2, 0.25) is 0 Å². The first kappa shape index (κ1) is 15.2. The Hall–Kier alpha value is -2.38. The van der Waals surface area contributed by atoms with Gasteiger partial charge in [-0.25, -0.2) is 4.98 Å². The van der Waals surface area contributed by atoms with Gasteiger partial charge in [0.25, 0.3) is 0 Å². The molecular formula is C17H22N6O. The van der Waals surface area contributed by atoms with Gasteiger partial charge < -0.3 is 15.0 Å². The van der Waals surface area contributed by atoms with Gasteiger partial charge in [0.05, 0.1) is 29.9 Å². The van der Waals surface area contributed by atoms with Gasteiger partial charge >= 0.3 is 0 Å². The third-order valence-corrected chi connectivity index (χ3v) is 4.43. The maximum Gasteiger partial charge on any atom is 0.233 e. The number of aromatic nitrogens is 4. The van der Waals surface area contributed by atoms with Crippen LogP contribution in [-0.4, -0.2) is 57.1 Å². The van der Waals surface area contributed by atoms with Gasteiger partial charge in [-0.15, -0.1) is 0 Å². The van der Waals surface area contributed by atoms with Crippen LogP contribution in [0, 0.1) is 6.92 Å². The van der Waals surface area contributed by atoms with Crippen LogP contribution in [0.5, 0.6) is 0 Å². The number of benzene rings is 1. The van der Waals surface area contributed by atoms with E-state index in [0.29, 0.717) is 5.82 Å². The van der Waals surface area contributed by atoms with Gasteiger partial charge in [-0.2, -0.15) is 9.78 Å². The van der Waals surface area contributed by atoms with Crippen LogP contribution in [0.4, 0.5) is 5.82 Å². The van der Waals surface area contributed by atoms with Crippen LogP contribution in [0.1, 0.15) is 5.69 Å². The van der Waals surface area contributed by atoms with Crippen molar-refractivity contribution in [1.82, 2.24) is 24.2 Å². The molecule has 0 saturated carbocycles. The van der Waals surface area contributed by atoms with Crippen LogP contribution < -0.4 is 5.73 Å². The molecule has 2 N–H and O–H groups in total. The van der Waals surface area contributed by atoms with E-state index >= 15 is 0 Å². The minimum Gasteiger partial charge on any atom is -0.383 e. The molecule has 1 aliphatic heterocycles. The molecule has 0 radical (unpaired) electrons. The van der Waals surface area contributed by atoms with Gasteiger partial charge in [-0.05, 0) is 19.1 Å². The summed E-state index contributed by atoms with van der Waals surface area (Å²) in [7, 11) is 0. The summed E-state index contributed by atoms with van der Waals surface area (Å²) in [6.45, 7) is 7.31. The lowest BCUT2D eigenvalue weighted by Gasteiger charge is -2.26. The first-order chi connectivity index (χ1) is 11.7. The highest BCUT2D eigenvalue weighted by atomic mass is 16.5. The van der Waals surface area contributed by atoms with Gasteiger partial charge in [0, 0.05) is 32.2 Å². The topological polar surface area (TPSA) is 74.1 Å². The van der Waals surface area contributed by atoms with Crippen LogP contribution in [0.25, 0.3) is 17.0 Å². The molecule has 1 aliphatic rings. The second-order valence-corrected chi connectivity index (χ2v) is 6.13. The molecule has 0 aliphatic carbocycles. The van der Waals surface area contributed by atoms with Crippen LogP contribution in [0.3, 0.4) is 0 Å². The first-order valence-corrected chi connectivity index (χ1v) is 8.30.